The minimum absolute atomic E-state index is 0.118. The standard InChI is InChI=1S/C21H28N4O2S/c1-3-7-18-14-19(26)23-21(22-18)28-16(2)20(27)25-12-10-24(11-13-25)15-17-8-5-4-6-9-17/h4-6,8-9,14,16H,3,7,10-13,15H2,1-2H3,(H,22,23,26)/p+1/t16-/m1/s1. The molecule has 1 aromatic heterocycles. The van der Waals surface area contributed by atoms with Gasteiger partial charge in [-0.3, -0.25) is 9.59 Å². The van der Waals surface area contributed by atoms with Crippen molar-refractivity contribution >= 4 is 17.7 Å². The molecule has 150 valence electrons. The van der Waals surface area contributed by atoms with Gasteiger partial charge in [0, 0.05) is 17.3 Å². The van der Waals surface area contributed by atoms with Gasteiger partial charge in [0.15, 0.2) is 5.16 Å². The van der Waals surface area contributed by atoms with Crippen LogP contribution in [0.4, 0.5) is 0 Å². The largest absolute Gasteiger partial charge is 0.330 e. The molecule has 1 aliphatic heterocycles. The Bertz CT molecular complexity index is 832. The first-order valence-electron chi connectivity index (χ1n) is 9.98. The summed E-state index contributed by atoms with van der Waals surface area (Å²) < 4.78 is 0. The number of carbonyl (C=O) groups excluding carboxylic acids is 1. The third-order valence-electron chi connectivity index (χ3n) is 4.99. The van der Waals surface area contributed by atoms with E-state index in [9.17, 15) is 9.59 Å². The molecule has 1 amide bonds. The van der Waals surface area contributed by atoms with Gasteiger partial charge in [-0.25, -0.2) is 4.98 Å². The molecular weight excluding hydrogens is 372 g/mol. The molecule has 1 aliphatic rings. The van der Waals surface area contributed by atoms with Crippen LogP contribution in [0.25, 0.3) is 0 Å². The van der Waals surface area contributed by atoms with Gasteiger partial charge in [-0.2, -0.15) is 0 Å². The number of thioether (sulfide) groups is 1. The van der Waals surface area contributed by atoms with Gasteiger partial charge in [-0.05, 0) is 13.3 Å². The Morgan fingerprint density at radius 3 is 2.68 bits per heavy atom. The second-order valence-corrected chi connectivity index (χ2v) is 8.62. The van der Waals surface area contributed by atoms with Crippen molar-refractivity contribution in [2.45, 2.75) is 43.6 Å². The van der Waals surface area contributed by atoms with Crippen LogP contribution in [-0.2, 0) is 17.8 Å². The van der Waals surface area contributed by atoms with Crippen LogP contribution in [0.3, 0.4) is 0 Å². The first-order valence-corrected chi connectivity index (χ1v) is 10.9. The van der Waals surface area contributed by atoms with Crippen LogP contribution in [0, 0.1) is 0 Å². The molecule has 2 aromatic rings. The summed E-state index contributed by atoms with van der Waals surface area (Å²) >= 11 is 1.34. The monoisotopic (exact) mass is 401 g/mol. The lowest BCUT2D eigenvalue weighted by Crippen LogP contribution is -3.13. The third-order valence-corrected chi connectivity index (χ3v) is 5.97. The lowest BCUT2D eigenvalue weighted by molar-refractivity contribution is -0.917. The van der Waals surface area contributed by atoms with Gasteiger partial charge in [-0.15, -0.1) is 0 Å². The summed E-state index contributed by atoms with van der Waals surface area (Å²) in [6.45, 7) is 8.40. The number of quaternary nitrogens is 1. The second kappa shape index (κ2) is 9.89. The fourth-order valence-electron chi connectivity index (χ4n) is 3.50. The van der Waals surface area contributed by atoms with E-state index in [-0.39, 0.29) is 16.7 Å². The number of rotatable bonds is 7. The molecule has 1 saturated heterocycles. The van der Waals surface area contributed by atoms with Crippen molar-refractivity contribution in [3.8, 4) is 0 Å². The van der Waals surface area contributed by atoms with Crippen molar-refractivity contribution in [1.29, 1.82) is 0 Å². The van der Waals surface area contributed by atoms with Gasteiger partial charge in [-0.1, -0.05) is 55.4 Å². The van der Waals surface area contributed by atoms with Crippen molar-refractivity contribution < 1.29 is 9.69 Å². The van der Waals surface area contributed by atoms with E-state index in [1.807, 2.05) is 17.9 Å². The first-order chi connectivity index (χ1) is 13.5. The van der Waals surface area contributed by atoms with Crippen molar-refractivity contribution in [2.24, 2.45) is 0 Å². The number of hydrogen-bond donors (Lipinski definition) is 2. The number of hydrogen-bond acceptors (Lipinski definition) is 4. The topological polar surface area (TPSA) is 70.5 Å². The minimum Gasteiger partial charge on any atom is -0.330 e. The van der Waals surface area contributed by atoms with Crippen LogP contribution in [0.1, 0.15) is 31.5 Å². The number of aromatic nitrogens is 2. The zero-order chi connectivity index (χ0) is 19.9. The zero-order valence-electron chi connectivity index (χ0n) is 16.6. The number of amides is 1. The van der Waals surface area contributed by atoms with Crippen LogP contribution >= 0.6 is 11.8 Å². The average Bonchev–Trinajstić information content (AvgIpc) is 2.68. The van der Waals surface area contributed by atoms with Crippen LogP contribution in [0.5, 0.6) is 0 Å². The minimum atomic E-state index is -0.268. The molecule has 0 aliphatic carbocycles. The molecule has 1 atom stereocenters. The van der Waals surface area contributed by atoms with Crippen LogP contribution in [-0.4, -0.2) is 52.2 Å². The third kappa shape index (κ3) is 5.69. The number of aromatic amines is 1. The molecular formula is C21H29N4O2S+. The van der Waals surface area contributed by atoms with Crippen LogP contribution in [0.15, 0.2) is 46.3 Å². The predicted molar refractivity (Wildman–Crippen MR) is 112 cm³/mol. The summed E-state index contributed by atoms with van der Waals surface area (Å²) in [5.74, 6) is 0.118. The van der Waals surface area contributed by atoms with Crippen molar-refractivity contribution in [1.82, 2.24) is 14.9 Å². The van der Waals surface area contributed by atoms with Gasteiger partial charge in [0.2, 0.25) is 5.91 Å². The van der Waals surface area contributed by atoms with E-state index in [0.717, 1.165) is 51.3 Å². The molecule has 0 spiro atoms. The lowest BCUT2D eigenvalue weighted by Gasteiger charge is -2.33. The van der Waals surface area contributed by atoms with Crippen LogP contribution < -0.4 is 10.5 Å². The Morgan fingerprint density at radius 1 is 1.29 bits per heavy atom. The van der Waals surface area contributed by atoms with Gasteiger partial charge in [0.05, 0.1) is 31.4 Å². The maximum absolute atomic E-state index is 12.8. The molecule has 0 unspecified atom stereocenters. The quantitative estimate of drug-likeness (QED) is 0.539. The van der Waals surface area contributed by atoms with Gasteiger partial charge >= 0.3 is 0 Å². The highest BCUT2D eigenvalue weighted by Gasteiger charge is 2.27. The van der Waals surface area contributed by atoms with E-state index in [1.165, 1.54) is 28.3 Å². The Labute approximate surface area is 170 Å². The molecule has 2 N–H and O–H groups in total. The summed E-state index contributed by atoms with van der Waals surface area (Å²) in [5, 5.41) is 0.265. The van der Waals surface area contributed by atoms with E-state index < -0.39 is 0 Å². The fraction of sp³-hybridized carbons (Fsp3) is 0.476. The summed E-state index contributed by atoms with van der Waals surface area (Å²) in [6.07, 6.45) is 1.70. The Balaban J connectivity index is 1.52. The normalized spacial score (nSPS) is 16.1. The molecule has 0 bridgehead atoms. The highest BCUT2D eigenvalue weighted by atomic mass is 32.2. The smallest absolute Gasteiger partial charge is 0.251 e. The Kier molecular flexibility index (Phi) is 7.28. The van der Waals surface area contributed by atoms with Gasteiger partial charge < -0.3 is 14.8 Å². The predicted octanol–water partition coefficient (Wildman–Crippen LogP) is 1.13. The van der Waals surface area contributed by atoms with Crippen LogP contribution in [0.2, 0.25) is 0 Å². The number of nitrogens with one attached hydrogen (secondary N) is 2. The van der Waals surface area contributed by atoms with Crippen molar-refractivity contribution in [2.75, 3.05) is 26.2 Å². The highest BCUT2D eigenvalue weighted by Crippen LogP contribution is 2.20. The molecule has 0 radical (unpaired) electrons. The lowest BCUT2D eigenvalue weighted by atomic mass is 10.2. The molecule has 6 nitrogen and oxygen atoms in total. The van der Waals surface area contributed by atoms with E-state index >= 15 is 0 Å². The number of carbonyl (C=O) groups is 1. The van der Waals surface area contributed by atoms with Gasteiger partial charge in [0.1, 0.15) is 6.54 Å². The van der Waals surface area contributed by atoms with E-state index in [0.29, 0.717) is 5.16 Å². The summed E-state index contributed by atoms with van der Waals surface area (Å²) in [6, 6.07) is 12.0. The SMILES string of the molecule is CCCc1cc(=O)[nH]c(S[C@H](C)C(=O)N2CC[NH+](Cc3ccccc3)CC2)n1. The van der Waals surface area contributed by atoms with E-state index in [1.54, 1.807) is 0 Å². The summed E-state index contributed by atoms with van der Waals surface area (Å²) in [5.41, 5.74) is 1.97. The Hall–Kier alpha value is -2.12. The maximum Gasteiger partial charge on any atom is 0.251 e. The molecule has 3 rings (SSSR count). The van der Waals surface area contributed by atoms with Gasteiger partial charge in [0.25, 0.3) is 5.56 Å². The molecule has 28 heavy (non-hydrogen) atoms. The Morgan fingerprint density at radius 2 is 2.00 bits per heavy atom. The molecule has 0 saturated carbocycles. The molecule has 2 heterocycles. The molecule has 1 fully saturated rings. The average molecular weight is 402 g/mol. The summed E-state index contributed by atoms with van der Waals surface area (Å²) in [7, 11) is 0. The molecule has 7 heteroatoms. The van der Waals surface area contributed by atoms with E-state index in [2.05, 4.69) is 41.2 Å². The number of H-pyrrole nitrogens is 1. The molecule has 1 aromatic carbocycles. The fourth-order valence-corrected chi connectivity index (χ4v) is 4.42. The number of nitrogens with zero attached hydrogens (tertiary/aromatic N) is 2. The first kappa shape index (κ1) is 20.6. The number of benzene rings is 1. The van der Waals surface area contributed by atoms with Crippen molar-refractivity contribution in [3.63, 3.8) is 0 Å². The zero-order valence-corrected chi connectivity index (χ0v) is 17.4. The van der Waals surface area contributed by atoms with E-state index in [4.69, 9.17) is 0 Å². The number of aryl methyl sites for hydroxylation is 1. The summed E-state index contributed by atoms with van der Waals surface area (Å²) in [4.78, 5) is 35.3. The van der Waals surface area contributed by atoms with Crippen molar-refractivity contribution in [3.05, 3.63) is 58.0 Å². The second-order valence-electron chi connectivity index (χ2n) is 7.29. The highest BCUT2D eigenvalue weighted by molar-refractivity contribution is 8.00. The number of piperazine rings is 1. The maximum atomic E-state index is 12.8.